The molecule has 0 aliphatic carbocycles. The fourth-order valence-electron chi connectivity index (χ4n) is 2.71. The lowest BCUT2D eigenvalue weighted by Gasteiger charge is -2.38. The van der Waals surface area contributed by atoms with E-state index in [1.165, 1.54) is 0 Å². The molecule has 0 unspecified atom stereocenters. The lowest BCUT2D eigenvalue weighted by molar-refractivity contribution is 0.00273. The van der Waals surface area contributed by atoms with Crippen molar-refractivity contribution in [1.29, 1.82) is 0 Å². The van der Waals surface area contributed by atoms with Crippen LogP contribution in [0.15, 0.2) is 18.3 Å². The summed E-state index contributed by atoms with van der Waals surface area (Å²) in [4.78, 5) is 18.9. The molecule has 0 atom stereocenters. The molecule has 5 nitrogen and oxygen atoms in total. The van der Waals surface area contributed by atoms with Crippen LogP contribution >= 0.6 is 0 Å². The number of pyridine rings is 1. The maximum Gasteiger partial charge on any atom is 0.255 e. The van der Waals surface area contributed by atoms with Gasteiger partial charge in [0.15, 0.2) is 0 Å². The van der Waals surface area contributed by atoms with E-state index in [0.29, 0.717) is 18.7 Å². The van der Waals surface area contributed by atoms with Gasteiger partial charge in [-0.25, -0.2) is 0 Å². The van der Waals surface area contributed by atoms with Gasteiger partial charge < -0.3 is 14.4 Å². The van der Waals surface area contributed by atoms with Gasteiger partial charge in [0.1, 0.15) is 0 Å². The largest absolute Gasteiger partial charge is 0.383 e. The minimum atomic E-state index is 0.0252. The van der Waals surface area contributed by atoms with E-state index in [9.17, 15) is 4.79 Å². The van der Waals surface area contributed by atoms with Gasteiger partial charge in [-0.05, 0) is 37.3 Å². The molecule has 5 heteroatoms. The van der Waals surface area contributed by atoms with Crippen LogP contribution in [0, 0.1) is 12.3 Å². The molecule has 1 aliphatic rings. The fraction of sp³-hybridized carbons (Fsp3) is 0.647. The molecule has 1 aromatic rings. The number of carbonyl (C=O) groups is 1. The molecule has 1 amide bonds. The second-order valence-corrected chi connectivity index (χ2v) is 6.33. The molecule has 0 N–H and O–H groups in total. The summed E-state index contributed by atoms with van der Waals surface area (Å²) in [6.45, 7) is 7.56. The summed E-state index contributed by atoms with van der Waals surface area (Å²) in [6.07, 6.45) is 3.62. The number of hydrogen-bond acceptors (Lipinski definition) is 4. The number of aromatic nitrogens is 1. The third kappa shape index (κ3) is 4.52. The van der Waals surface area contributed by atoms with Gasteiger partial charge in [0.2, 0.25) is 0 Å². The average molecular weight is 306 g/mol. The first kappa shape index (κ1) is 16.9. The third-order valence-corrected chi connectivity index (χ3v) is 4.28. The summed E-state index contributed by atoms with van der Waals surface area (Å²) in [5.74, 6) is 0.0252. The zero-order valence-electron chi connectivity index (χ0n) is 13.8. The van der Waals surface area contributed by atoms with Crippen LogP contribution in [-0.4, -0.2) is 55.8 Å². The minimum Gasteiger partial charge on any atom is -0.383 e. The van der Waals surface area contributed by atoms with Gasteiger partial charge in [0.05, 0.1) is 12.2 Å². The smallest absolute Gasteiger partial charge is 0.255 e. The van der Waals surface area contributed by atoms with Crippen molar-refractivity contribution >= 4 is 5.91 Å². The van der Waals surface area contributed by atoms with Gasteiger partial charge in [-0.1, -0.05) is 6.92 Å². The van der Waals surface area contributed by atoms with Crippen molar-refractivity contribution in [3.8, 4) is 0 Å². The summed E-state index contributed by atoms with van der Waals surface area (Å²) in [5, 5.41) is 0. The van der Waals surface area contributed by atoms with E-state index in [1.54, 1.807) is 13.3 Å². The summed E-state index contributed by atoms with van der Waals surface area (Å²) < 4.78 is 10.6. The Balaban J connectivity index is 2.10. The Hall–Kier alpha value is -1.46. The third-order valence-electron chi connectivity index (χ3n) is 4.28. The molecule has 0 saturated carbocycles. The van der Waals surface area contributed by atoms with E-state index < -0.39 is 0 Å². The molecule has 1 fully saturated rings. The average Bonchev–Trinajstić information content (AvgIpc) is 2.52. The van der Waals surface area contributed by atoms with Gasteiger partial charge in [-0.15, -0.1) is 0 Å². The van der Waals surface area contributed by atoms with Crippen molar-refractivity contribution in [3.05, 3.63) is 29.6 Å². The van der Waals surface area contributed by atoms with E-state index in [2.05, 4.69) is 11.9 Å². The maximum absolute atomic E-state index is 12.8. The molecule has 0 bridgehead atoms. The number of aryl methyl sites for hydroxylation is 1. The Kier molecular flexibility index (Phi) is 5.91. The van der Waals surface area contributed by atoms with Crippen LogP contribution in [0.1, 0.15) is 35.8 Å². The molecular weight excluding hydrogens is 280 g/mol. The molecule has 122 valence electrons. The highest BCUT2D eigenvalue weighted by Crippen LogP contribution is 2.31. The summed E-state index contributed by atoms with van der Waals surface area (Å²) in [6, 6.07) is 3.72. The van der Waals surface area contributed by atoms with Crippen LogP contribution in [0.5, 0.6) is 0 Å². The van der Waals surface area contributed by atoms with E-state index in [4.69, 9.17) is 9.47 Å². The molecule has 1 saturated heterocycles. The Labute approximate surface area is 132 Å². The van der Waals surface area contributed by atoms with Gasteiger partial charge in [0.25, 0.3) is 5.91 Å². The molecule has 2 heterocycles. The van der Waals surface area contributed by atoms with E-state index in [0.717, 1.165) is 38.3 Å². The number of amides is 1. The van der Waals surface area contributed by atoms with Gasteiger partial charge in [-0.3, -0.25) is 9.78 Å². The van der Waals surface area contributed by atoms with Crippen molar-refractivity contribution in [2.45, 2.75) is 26.7 Å². The van der Waals surface area contributed by atoms with Crippen molar-refractivity contribution in [3.63, 3.8) is 0 Å². The summed E-state index contributed by atoms with van der Waals surface area (Å²) >= 11 is 0. The van der Waals surface area contributed by atoms with E-state index in [-0.39, 0.29) is 11.3 Å². The van der Waals surface area contributed by atoms with Gasteiger partial charge in [0, 0.05) is 45.3 Å². The molecule has 0 aromatic carbocycles. The highest BCUT2D eigenvalue weighted by Gasteiger charge is 2.31. The number of carbonyl (C=O) groups excluding carboxylic acids is 1. The number of ether oxygens (including phenoxy) is 2. The van der Waals surface area contributed by atoms with Crippen LogP contribution in [0.2, 0.25) is 0 Å². The second kappa shape index (κ2) is 7.70. The molecule has 0 spiro atoms. The first-order valence-corrected chi connectivity index (χ1v) is 7.83. The van der Waals surface area contributed by atoms with Crippen molar-refractivity contribution in [1.82, 2.24) is 9.88 Å². The summed E-state index contributed by atoms with van der Waals surface area (Å²) in [7, 11) is 1.66. The molecular formula is C17H26N2O3. The predicted molar refractivity (Wildman–Crippen MR) is 84.9 cm³/mol. The number of rotatable bonds is 6. The first-order chi connectivity index (χ1) is 10.5. The Bertz CT molecular complexity index is 481. The molecule has 2 rings (SSSR count). The standard InChI is InChI=1S/C17H26N2O3/c1-14-4-5-15(12-18-14)16(20)19(8-11-21-3)13-17(2)6-9-22-10-7-17/h4-5,12H,6-11,13H2,1-3H3. The molecule has 1 aliphatic heterocycles. The minimum absolute atomic E-state index is 0.0252. The predicted octanol–water partition coefficient (Wildman–Crippen LogP) is 2.30. The Morgan fingerprint density at radius 3 is 2.73 bits per heavy atom. The monoisotopic (exact) mass is 306 g/mol. The summed E-state index contributed by atoms with van der Waals surface area (Å²) in [5.41, 5.74) is 1.66. The van der Waals surface area contributed by atoms with Crippen LogP contribution < -0.4 is 0 Å². The van der Waals surface area contributed by atoms with Gasteiger partial charge >= 0.3 is 0 Å². The van der Waals surface area contributed by atoms with Crippen LogP contribution in [0.4, 0.5) is 0 Å². The number of nitrogens with zero attached hydrogens (tertiary/aromatic N) is 2. The maximum atomic E-state index is 12.8. The molecule has 22 heavy (non-hydrogen) atoms. The Morgan fingerprint density at radius 2 is 2.14 bits per heavy atom. The van der Waals surface area contributed by atoms with Crippen molar-refractivity contribution in [2.24, 2.45) is 5.41 Å². The lowest BCUT2D eigenvalue weighted by atomic mass is 9.82. The van der Waals surface area contributed by atoms with Crippen LogP contribution in [0.25, 0.3) is 0 Å². The van der Waals surface area contributed by atoms with Crippen molar-refractivity contribution < 1.29 is 14.3 Å². The zero-order chi connectivity index (χ0) is 16.0. The first-order valence-electron chi connectivity index (χ1n) is 7.83. The fourth-order valence-corrected chi connectivity index (χ4v) is 2.71. The highest BCUT2D eigenvalue weighted by atomic mass is 16.5. The topological polar surface area (TPSA) is 51.7 Å². The lowest BCUT2D eigenvalue weighted by Crippen LogP contribution is -2.44. The normalized spacial score (nSPS) is 17.2. The SMILES string of the molecule is COCCN(CC1(C)CCOCC1)C(=O)c1ccc(C)nc1. The number of methoxy groups -OCH3 is 1. The van der Waals surface area contributed by atoms with Crippen LogP contribution in [0.3, 0.4) is 0 Å². The van der Waals surface area contributed by atoms with Gasteiger partial charge in [-0.2, -0.15) is 0 Å². The zero-order valence-corrected chi connectivity index (χ0v) is 13.8. The second-order valence-electron chi connectivity index (χ2n) is 6.33. The quantitative estimate of drug-likeness (QED) is 0.809. The molecule has 0 radical (unpaired) electrons. The van der Waals surface area contributed by atoms with Crippen molar-refractivity contribution in [2.75, 3.05) is 40.0 Å². The van der Waals surface area contributed by atoms with E-state index >= 15 is 0 Å². The van der Waals surface area contributed by atoms with Crippen LogP contribution in [-0.2, 0) is 9.47 Å². The molecule has 1 aromatic heterocycles. The number of hydrogen-bond donors (Lipinski definition) is 0. The highest BCUT2D eigenvalue weighted by molar-refractivity contribution is 5.94. The van der Waals surface area contributed by atoms with E-state index in [1.807, 2.05) is 24.0 Å². The Morgan fingerprint density at radius 1 is 1.41 bits per heavy atom.